The van der Waals surface area contributed by atoms with Gasteiger partial charge in [-0.05, 0) is 55.3 Å². The van der Waals surface area contributed by atoms with Crippen molar-refractivity contribution in [1.82, 2.24) is 9.73 Å². The second kappa shape index (κ2) is 8.91. The molecule has 1 fully saturated rings. The molecule has 2 N–H and O–H groups in total. The highest BCUT2D eigenvalue weighted by Crippen LogP contribution is 2.23. The second-order valence-electron chi connectivity index (χ2n) is 7.44. The number of hydrazine groups is 1. The summed E-state index contributed by atoms with van der Waals surface area (Å²) in [7, 11) is -3.52. The number of piperidine rings is 1. The van der Waals surface area contributed by atoms with Gasteiger partial charge in [-0.25, -0.2) is 13.4 Å². The van der Waals surface area contributed by atoms with Crippen LogP contribution in [0.25, 0.3) is 0 Å². The van der Waals surface area contributed by atoms with Crippen LogP contribution in [0.2, 0.25) is 0 Å². The smallest absolute Gasteiger partial charge is 0.273 e. The van der Waals surface area contributed by atoms with Gasteiger partial charge in [-0.1, -0.05) is 24.6 Å². The molecule has 0 saturated carbocycles. The van der Waals surface area contributed by atoms with Gasteiger partial charge in [0.2, 0.25) is 15.9 Å². The lowest BCUT2D eigenvalue weighted by molar-refractivity contribution is -0.119. The number of benzene rings is 2. The maximum absolute atomic E-state index is 12.8. The summed E-state index contributed by atoms with van der Waals surface area (Å²) < 4.78 is 27.0. The van der Waals surface area contributed by atoms with E-state index >= 15 is 0 Å². The van der Waals surface area contributed by atoms with E-state index < -0.39 is 15.9 Å². The molecule has 1 saturated heterocycles. The Morgan fingerprint density at radius 1 is 0.935 bits per heavy atom. The molecule has 2 aliphatic rings. The molecule has 0 aliphatic carbocycles. The van der Waals surface area contributed by atoms with E-state index in [4.69, 9.17) is 0 Å². The summed E-state index contributed by atoms with van der Waals surface area (Å²) in [6.07, 6.45) is 4.42. The van der Waals surface area contributed by atoms with Crippen molar-refractivity contribution in [3.05, 3.63) is 66.4 Å². The predicted molar refractivity (Wildman–Crippen MR) is 117 cm³/mol. The van der Waals surface area contributed by atoms with Crippen LogP contribution < -0.4 is 15.8 Å². The van der Waals surface area contributed by atoms with Gasteiger partial charge >= 0.3 is 0 Å². The molecule has 0 radical (unpaired) electrons. The van der Waals surface area contributed by atoms with Gasteiger partial charge in [0.15, 0.2) is 0 Å². The molecule has 0 bridgehead atoms. The summed E-state index contributed by atoms with van der Waals surface area (Å²) in [6, 6.07) is 15.1. The molecule has 2 aromatic rings. The fraction of sp³-hybridized carbons (Fsp3) is 0.273. The minimum Gasteiger partial charge on any atom is -0.321 e. The Labute approximate surface area is 181 Å². The topological polar surface area (TPSA) is 98.8 Å². The maximum Gasteiger partial charge on any atom is 0.273 e. The first-order valence-corrected chi connectivity index (χ1v) is 11.7. The molecule has 2 aromatic carbocycles. The molecule has 2 aliphatic heterocycles. The Morgan fingerprint density at radius 3 is 2.29 bits per heavy atom. The van der Waals surface area contributed by atoms with Crippen molar-refractivity contribution in [2.75, 3.05) is 23.4 Å². The quantitative estimate of drug-likeness (QED) is 0.745. The molecule has 2 amide bonds. The lowest BCUT2D eigenvalue weighted by atomic mass is 10.2. The van der Waals surface area contributed by atoms with Crippen LogP contribution in [0.3, 0.4) is 0 Å². The number of rotatable bonds is 5. The molecule has 9 heteroatoms. The van der Waals surface area contributed by atoms with Crippen LogP contribution >= 0.6 is 0 Å². The van der Waals surface area contributed by atoms with E-state index in [9.17, 15) is 18.0 Å². The zero-order valence-electron chi connectivity index (χ0n) is 17.0. The van der Waals surface area contributed by atoms with Gasteiger partial charge < -0.3 is 5.32 Å². The van der Waals surface area contributed by atoms with Crippen molar-refractivity contribution in [3.63, 3.8) is 0 Å². The molecule has 0 unspecified atom stereocenters. The van der Waals surface area contributed by atoms with Crippen molar-refractivity contribution in [2.45, 2.75) is 30.6 Å². The monoisotopic (exact) mass is 440 g/mol. The SMILES string of the molecule is O=C(Nc1ccc(S(=O)(=O)N2CCCCC2)cc1)C1=CCC(=O)N(c2ccccc2)N1. The fourth-order valence-corrected chi connectivity index (χ4v) is 5.12. The summed E-state index contributed by atoms with van der Waals surface area (Å²) in [6.45, 7) is 1.08. The summed E-state index contributed by atoms with van der Waals surface area (Å²) >= 11 is 0. The summed E-state index contributed by atoms with van der Waals surface area (Å²) in [4.78, 5) is 25.1. The minimum atomic E-state index is -3.52. The van der Waals surface area contributed by atoms with Crippen molar-refractivity contribution in [1.29, 1.82) is 0 Å². The van der Waals surface area contributed by atoms with E-state index in [2.05, 4.69) is 10.7 Å². The molecule has 8 nitrogen and oxygen atoms in total. The van der Waals surface area contributed by atoms with Crippen LogP contribution in [0.4, 0.5) is 11.4 Å². The van der Waals surface area contributed by atoms with E-state index in [0.29, 0.717) is 24.5 Å². The first-order valence-electron chi connectivity index (χ1n) is 10.2. The molecular weight excluding hydrogens is 416 g/mol. The van der Waals surface area contributed by atoms with E-state index in [-0.39, 0.29) is 22.9 Å². The third-order valence-corrected chi connectivity index (χ3v) is 7.20. The summed E-state index contributed by atoms with van der Waals surface area (Å²) in [5.74, 6) is -0.588. The van der Waals surface area contributed by atoms with Crippen LogP contribution in [0.15, 0.2) is 71.3 Å². The summed E-state index contributed by atoms with van der Waals surface area (Å²) in [5, 5.41) is 4.08. The van der Waals surface area contributed by atoms with E-state index in [1.54, 1.807) is 24.3 Å². The normalized spacial score (nSPS) is 17.6. The molecule has 0 atom stereocenters. The molecule has 31 heavy (non-hydrogen) atoms. The van der Waals surface area contributed by atoms with Crippen LogP contribution in [0, 0.1) is 0 Å². The molecule has 4 rings (SSSR count). The number of anilines is 2. The Hall–Kier alpha value is -3.17. The number of amides is 2. The van der Waals surface area contributed by atoms with Gasteiger partial charge in [-0.2, -0.15) is 4.31 Å². The number of para-hydroxylation sites is 1. The molecular formula is C22H24N4O4S. The first kappa shape index (κ1) is 21.1. The van der Waals surface area contributed by atoms with Crippen LogP contribution in [0.1, 0.15) is 25.7 Å². The number of carbonyl (C=O) groups is 2. The Bertz CT molecular complexity index is 1090. The average Bonchev–Trinajstić information content (AvgIpc) is 2.81. The molecule has 0 spiro atoms. The third-order valence-electron chi connectivity index (χ3n) is 5.29. The predicted octanol–water partition coefficient (Wildman–Crippen LogP) is 2.63. The zero-order chi connectivity index (χ0) is 21.8. The van der Waals surface area contributed by atoms with Crippen molar-refractivity contribution in [2.24, 2.45) is 0 Å². The molecule has 2 heterocycles. The van der Waals surface area contributed by atoms with Crippen molar-refractivity contribution >= 4 is 33.2 Å². The highest BCUT2D eigenvalue weighted by Gasteiger charge is 2.26. The van der Waals surface area contributed by atoms with E-state index in [1.165, 1.54) is 27.5 Å². The van der Waals surface area contributed by atoms with Crippen LogP contribution in [-0.4, -0.2) is 37.6 Å². The molecule has 0 aromatic heterocycles. The zero-order valence-corrected chi connectivity index (χ0v) is 17.8. The number of carbonyl (C=O) groups excluding carboxylic acids is 2. The largest absolute Gasteiger partial charge is 0.321 e. The van der Waals surface area contributed by atoms with Gasteiger partial charge in [-0.15, -0.1) is 0 Å². The number of nitrogens with one attached hydrogen (secondary N) is 2. The van der Waals surface area contributed by atoms with Crippen LogP contribution in [-0.2, 0) is 19.6 Å². The van der Waals surface area contributed by atoms with Gasteiger partial charge in [0, 0.05) is 25.2 Å². The second-order valence-corrected chi connectivity index (χ2v) is 9.38. The van der Waals surface area contributed by atoms with E-state index in [1.807, 2.05) is 18.2 Å². The van der Waals surface area contributed by atoms with Crippen molar-refractivity contribution < 1.29 is 18.0 Å². The highest BCUT2D eigenvalue weighted by atomic mass is 32.2. The first-order chi connectivity index (χ1) is 14.9. The Kier molecular flexibility index (Phi) is 6.06. The van der Waals surface area contributed by atoms with Crippen LogP contribution in [0.5, 0.6) is 0 Å². The van der Waals surface area contributed by atoms with Gasteiger partial charge in [-0.3, -0.25) is 15.0 Å². The van der Waals surface area contributed by atoms with E-state index in [0.717, 1.165) is 19.3 Å². The van der Waals surface area contributed by atoms with Gasteiger partial charge in [0.05, 0.1) is 10.6 Å². The molecule has 162 valence electrons. The Balaban J connectivity index is 1.43. The fourth-order valence-electron chi connectivity index (χ4n) is 3.60. The standard InChI is InChI=1S/C22H24N4O4S/c27-21-14-13-20(24-26(21)18-7-3-1-4-8-18)22(28)23-17-9-11-19(12-10-17)31(29,30)25-15-5-2-6-16-25/h1,3-4,7-13,24H,2,5-6,14-16H2,(H,23,28). The van der Waals surface area contributed by atoms with Crippen molar-refractivity contribution in [3.8, 4) is 0 Å². The lowest BCUT2D eigenvalue weighted by Gasteiger charge is -2.28. The highest BCUT2D eigenvalue weighted by molar-refractivity contribution is 7.89. The number of nitrogens with zero attached hydrogens (tertiary/aromatic N) is 2. The number of hydrogen-bond acceptors (Lipinski definition) is 5. The summed E-state index contributed by atoms with van der Waals surface area (Å²) in [5.41, 5.74) is 4.20. The maximum atomic E-state index is 12.8. The number of sulfonamides is 1. The van der Waals surface area contributed by atoms with Gasteiger partial charge in [0.1, 0.15) is 5.70 Å². The Morgan fingerprint density at radius 2 is 1.61 bits per heavy atom. The number of hydrogen-bond donors (Lipinski definition) is 2. The minimum absolute atomic E-state index is 0.0949. The van der Waals surface area contributed by atoms with Gasteiger partial charge in [0.25, 0.3) is 5.91 Å². The average molecular weight is 441 g/mol. The lowest BCUT2D eigenvalue weighted by Crippen LogP contribution is -2.47. The third kappa shape index (κ3) is 4.62.